The quantitative estimate of drug-likeness (QED) is 0.665. The van der Waals surface area contributed by atoms with E-state index < -0.39 is 0 Å². The van der Waals surface area contributed by atoms with Gasteiger partial charge in [0.25, 0.3) is 11.8 Å². The number of imide groups is 1. The van der Waals surface area contributed by atoms with E-state index in [1.165, 1.54) is 4.90 Å². The maximum absolute atomic E-state index is 13.3. The van der Waals surface area contributed by atoms with Crippen LogP contribution in [0.2, 0.25) is 10.0 Å². The highest BCUT2D eigenvalue weighted by atomic mass is 35.5. The van der Waals surface area contributed by atoms with Crippen molar-refractivity contribution in [3.05, 3.63) is 69.3 Å². The number of halogens is 2. The minimum absolute atomic E-state index is 0.245. The van der Waals surface area contributed by atoms with Crippen LogP contribution in [0, 0.1) is 6.92 Å². The molecule has 2 aromatic rings. The lowest BCUT2D eigenvalue weighted by Crippen LogP contribution is -2.43. The van der Waals surface area contributed by atoms with Crippen molar-refractivity contribution in [1.82, 2.24) is 9.80 Å². The summed E-state index contributed by atoms with van der Waals surface area (Å²) in [6, 6.07) is 12.4. The number of carbonyl (C=O) groups excluding carboxylic acids is 2. The third-order valence-corrected chi connectivity index (χ3v) is 6.14. The third-order valence-electron chi connectivity index (χ3n) is 5.49. The van der Waals surface area contributed by atoms with Crippen LogP contribution in [0.5, 0.6) is 0 Å². The summed E-state index contributed by atoms with van der Waals surface area (Å²) in [5, 5.41) is 4.28. The lowest BCUT2D eigenvalue weighted by Gasteiger charge is -2.28. The molecule has 0 unspecified atom stereocenters. The number of amides is 2. The highest BCUT2D eigenvalue weighted by molar-refractivity contribution is 6.37. The number of nitrogens with one attached hydrogen (secondary N) is 1. The number of hydrogen-bond acceptors (Lipinski definition) is 5. The fourth-order valence-electron chi connectivity index (χ4n) is 3.66. The molecule has 0 saturated carbocycles. The first-order valence-corrected chi connectivity index (χ1v) is 10.9. The predicted octanol–water partition coefficient (Wildman–Crippen LogP) is 3.83. The van der Waals surface area contributed by atoms with Crippen molar-refractivity contribution >= 4 is 46.3 Å². The number of hydrogen-bond donors (Lipinski definition) is 1. The fourth-order valence-corrected chi connectivity index (χ4v) is 3.97. The first-order valence-electron chi connectivity index (χ1n) is 10.1. The number of benzene rings is 2. The van der Waals surface area contributed by atoms with Gasteiger partial charge in [0.05, 0.1) is 18.8 Å². The largest absolute Gasteiger partial charge is 0.379 e. The van der Waals surface area contributed by atoms with Gasteiger partial charge in [-0.2, -0.15) is 0 Å². The summed E-state index contributed by atoms with van der Waals surface area (Å²) in [6.45, 7) is 5.74. The first kappa shape index (κ1) is 21.8. The molecule has 0 radical (unpaired) electrons. The molecule has 6 nitrogen and oxygen atoms in total. The normalized spacial score (nSPS) is 17.6. The molecule has 0 aliphatic carbocycles. The Morgan fingerprint density at radius 3 is 2.35 bits per heavy atom. The molecular weight excluding hydrogens is 437 g/mol. The molecule has 162 valence electrons. The molecule has 0 bridgehead atoms. The molecule has 2 amide bonds. The zero-order chi connectivity index (χ0) is 22.0. The zero-order valence-electron chi connectivity index (χ0n) is 17.2. The number of morpholine rings is 1. The first-order chi connectivity index (χ1) is 14.9. The van der Waals surface area contributed by atoms with Gasteiger partial charge in [-0.15, -0.1) is 0 Å². The Bertz CT molecular complexity index is 1030. The summed E-state index contributed by atoms with van der Waals surface area (Å²) in [6.07, 6.45) is 0. The highest BCUT2D eigenvalue weighted by Gasteiger charge is 2.39. The van der Waals surface area contributed by atoms with Crippen molar-refractivity contribution in [2.45, 2.75) is 6.92 Å². The summed E-state index contributed by atoms with van der Waals surface area (Å²) < 4.78 is 5.37. The maximum Gasteiger partial charge on any atom is 0.278 e. The lowest BCUT2D eigenvalue weighted by atomic mass is 10.0. The van der Waals surface area contributed by atoms with E-state index in [2.05, 4.69) is 10.2 Å². The number of carbonyl (C=O) groups is 2. The van der Waals surface area contributed by atoms with E-state index in [9.17, 15) is 9.59 Å². The molecule has 2 heterocycles. The summed E-state index contributed by atoms with van der Waals surface area (Å²) in [7, 11) is 0. The van der Waals surface area contributed by atoms with E-state index in [0.717, 1.165) is 18.7 Å². The Kier molecular flexibility index (Phi) is 6.62. The van der Waals surface area contributed by atoms with Gasteiger partial charge in [0, 0.05) is 41.9 Å². The number of rotatable bonds is 6. The molecule has 4 rings (SSSR count). The second-order valence-electron chi connectivity index (χ2n) is 7.56. The van der Waals surface area contributed by atoms with Gasteiger partial charge in [-0.25, -0.2) is 0 Å². The molecule has 2 aliphatic heterocycles. The molecule has 0 spiro atoms. The molecule has 31 heavy (non-hydrogen) atoms. The Balaban J connectivity index is 1.63. The van der Waals surface area contributed by atoms with Crippen LogP contribution >= 0.6 is 23.2 Å². The van der Waals surface area contributed by atoms with Gasteiger partial charge >= 0.3 is 0 Å². The van der Waals surface area contributed by atoms with Crippen molar-refractivity contribution in [3.63, 3.8) is 0 Å². The van der Waals surface area contributed by atoms with Crippen LogP contribution in [0.3, 0.4) is 0 Å². The second kappa shape index (κ2) is 9.40. The number of anilines is 1. The van der Waals surface area contributed by atoms with Crippen LogP contribution in [0.1, 0.15) is 11.1 Å². The SMILES string of the molecule is Cc1ccc(NC2=C(c3ccc(Cl)cc3)C(=O)N(CCN3CCOCC3)C2=O)cc1Cl. The van der Waals surface area contributed by atoms with E-state index >= 15 is 0 Å². The Morgan fingerprint density at radius 1 is 0.968 bits per heavy atom. The molecule has 1 fully saturated rings. The van der Waals surface area contributed by atoms with Crippen molar-refractivity contribution in [1.29, 1.82) is 0 Å². The average Bonchev–Trinajstić information content (AvgIpc) is 3.00. The Labute approximate surface area is 191 Å². The molecule has 2 aliphatic rings. The van der Waals surface area contributed by atoms with Crippen LogP contribution in [0.4, 0.5) is 5.69 Å². The van der Waals surface area contributed by atoms with E-state index in [0.29, 0.717) is 53.2 Å². The predicted molar refractivity (Wildman–Crippen MR) is 122 cm³/mol. The van der Waals surface area contributed by atoms with Crippen LogP contribution in [0.15, 0.2) is 48.2 Å². The van der Waals surface area contributed by atoms with E-state index in [1.54, 1.807) is 30.3 Å². The maximum atomic E-state index is 13.3. The number of nitrogens with zero attached hydrogens (tertiary/aromatic N) is 2. The molecule has 1 saturated heterocycles. The average molecular weight is 460 g/mol. The summed E-state index contributed by atoms with van der Waals surface area (Å²) >= 11 is 12.3. The van der Waals surface area contributed by atoms with Crippen LogP contribution in [-0.4, -0.2) is 61.0 Å². The highest BCUT2D eigenvalue weighted by Crippen LogP contribution is 2.32. The van der Waals surface area contributed by atoms with Gasteiger partial charge in [-0.3, -0.25) is 19.4 Å². The zero-order valence-corrected chi connectivity index (χ0v) is 18.7. The van der Waals surface area contributed by atoms with Crippen molar-refractivity contribution < 1.29 is 14.3 Å². The van der Waals surface area contributed by atoms with Gasteiger partial charge in [0.2, 0.25) is 0 Å². The molecule has 2 aromatic carbocycles. The topological polar surface area (TPSA) is 61.9 Å². The monoisotopic (exact) mass is 459 g/mol. The molecule has 0 atom stereocenters. The molecular formula is C23H23Cl2N3O3. The summed E-state index contributed by atoms with van der Waals surface area (Å²) in [5.74, 6) is -0.666. The number of aryl methyl sites for hydroxylation is 1. The summed E-state index contributed by atoms with van der Waals surface area (Å²) in [5.41, 5.74) is 2.79. The van der Waals surface area contributed by atoms with Gasteiger partial charge in [-0.1, -0.05) is 41.4 Å². The van der Waals surface area contributed by atoms with Gasteiger partial charge in [0.1, 0.15) is 5.70 Å². The van der Waals surface area contributed by atoms with E-state index in [1.807, 2.05) is 19.1 Å². The summed E-state index contributed by atoms with van der Waals surface area (Å²) in [4.78, 5) is 30.1. The molecule has 1 N–H and O–H groups in total. The van der Waals surface area contributed by atoms with Crippen LogP contribution < -0.4 is 5.32 Å². The van der Waals surface area contributed by atoms with E-state index in [4.69, 9.17) is 27.9 Å². The van der Waals surface area contributed by atoms with Crippen molar-refractivity contribution in [2.75, 3.05) is 44.7 Å². The van der Waals surface area contributed by atoms with E-state index in [-0.39, 0.29) is 17.5 Å². The van der Waals surface area contributed by atoms with Crippen molar-refractivity contribution in [3.8, 4) is 0 Å². The lowest BCUT2D eigenvalue weighted by molar-refractivity contribution is -0.137. The van der Waals surface area contributed by atoms with Crippen LogP contribution in [-0.2, 0) is 14.3 Å². The van der Waals surface area contributed by atoms with Crippen molar-refractivity contribution in [2.24, 2.45) is 0 Å². The molecule has 0 aromatic heterocycles. The molecule has 8 heteroatoms. The smallest absolute Gasteiger partial charge is 0.278 e. The minimum Gasteiger partial charge on any atom is -0.379 e. The van der Waals surface area contributed by atoms with Crippen LogP contribution in [0.25, 0.3) is 5.57 Å². The number of ether oxygens (including phenoxy) is 1. The van der Waals surface area contributed by atoms with Gasteiger partial charge < -0.3 is 10.1 Å². The minimum atomic E-state index is -0.347. The Hall–Kier alpha value is -2.38. The standard InChI is InChI=1S/C23H23Cl2N3O3/c1-15-2-7-18(14-19(15)25)26-21-20(16-3-5-17(24)6-4-16)22(29)28(23(21)30)9-8-27-10-12-31-13-11-27/h2-7,14,26H,8-13H2,1H3. The Morgan fingerprint density at radius 2 is 1.68 bits per heavy atom. The van der Waals surface area contributed by atoms with Gasteiger partial charge in [0.15, 0.2) is 0 Å². The van der Waals surface area contributed by atoms with Gasteiger partial charge in [-0.05, 0) is 42.3 Å². The fraction of sp³-hybridized carbons (Fsp3) is 0.304. The second-order valence-corrected chi connectivity index (χ2v) is 8.41. The third kappa shape index (κ3) is 4.77.